The van der Waals surface area contributed by atoms with Gasteiger partial charge in [0, 0.05) is 24.4 Å². The van der Waals surface area contributed by atoms with E-state index in [4.69, 9.17) is 28.9 Å². The van der Waals surface area contributed by atoms with E-state index in [1.54, 1.807) is 25.2 Å². The number of anilines is 3. The summed E-state index contributed by atoms with van der Waals surface area (Å²) in [6.07, 6.45) is 3.61. The van der Waals surface area contributed by atoms with Gasteiger partial charge in [-0.15, -0.1) is 29.8 Å². The molecule has 1 unspecified atom stereocenters. The molecular weight excluding hydrogens is 444 g/mol. The van der Waals surface area contributed by atoms with Gasteiger partial charge in [0.15, 0.2) is 5.82 Å². The first-order valence-corrected chi connectivity index (χ1v) is 11.1. The molecule has 0 aromatic heterocycles. The zero-order valence-corrected chi connectivity index (χ0v) is 20.7. The first kappa shape index (κ1) is 32.0. The van der Waals surface area contributed by atoms with Crippen LogP contribution in [0.5, 0.6) is 0 Å². The van der Waals surface area contributed by atoms with E-state index in [2.05, 4.69) is 30.7 Å². The van der Waals surface area contributed by atoms with Crippen molar-refractivity contribution in [3.63, 3.8) is 0 Å². The maximum Gasteiger partial charge on any atom is 0.169 e. The van der Waals surface area contributed by atoms with Crippen LogP contribution in [0.4, 0.5) is 21.5 Å². The third kappa shape index (κ3) is 11.4. The molecule has 1 atom stereocenters. The van der Waals surface area contributed by atoms with Gasteiger partial charge in [0.05, 0.1) is 11.4 Å². The molecule has 3 rings (SSSR count). The fraction of sp³-hybridized carbons (Fsp3) is 0.385. The molecule has 0 spiro atoms. The van der Waals surface area contributed by atoms with Gasteiger partial charge in [-0.3, -0.25) is 0 Å². The number of rotatable bonds is 5. The number of nitrogen functional groups attached to an aromatic ring is 1. The zero-order chi connectivity index (χ0) is 24.0. The number of hydrogen-bond donors (Lipinski definition) is 3. The summed E-state index contributed by atoms with van der Waals surface area (Å²) in [6.45, 7) is 15.4. The van der Waals surface area contributed by atoms with Crippen LogP contribution in [-0.2, 0) is 0 Å². The van der Waals surface area contributed by atoms with Crippen molar-refractivity contribution in [2.45, 2.75) is 52.3 Å². The second-order valence-electron chi connectivity index (χ2n) is 6.70. The van der Waals surface area contributed by atoms with E-state index >= 15 is 0 Å². The highest BCUT2D eigenvalue weighted by Gasteiger charge is 2.53. The average Bonchev–Trinajstić information content (AvgIpc) is 3.40. The Morgan fingerprint density at radius 1 is 1.22 bits per heavy atom. The van der Waals surface area contributed by atoms with Crippen molar-refractivity contribution in [3.05, 3.63) is 78.8 Å². The summed E-state index contributed by atoms with van der Waals surface area (Å²) in [7, 11) is 1.67. The lowest BCUT2D eigenvalue weighted by molar-refractivity contribution is 0.634. The third-order valence-electron chi connectivity index (χ3n) is 4.14. The van der Waals surface area contributed by atoms with Crippen molar-refractivity contribution in [2.75, 3.05) is 23.4 Å². The number of allylic oxidation sites excluding steroid dienone is 2. The van der Waals surface area contributed by atoms with Crippen molar-refractivity contribution in [3.8, 4) is 0 Å². The number of benzene rings is 2. The lowest BCUT2D eigenvalue weighted by atomic mass is 10.2. The molecule has 0 radical (unpaired) electrons. The van der Waals surface area contributed by atoms with Gasteiger partial charge in [0.25, 0.3) is 0 Å². The van der Waals surface area contributed by atoms with Crippen LogP contribution in [0.1, 0.15) is 46.6 Å². The van der Waals surface area contributed by atoms with Crippen molar-refractivity contribution < 1.29 is 4.39 Å². The molecule has 0 bridgehead atoms. The molecule has 2 aromatic carbocycles. The lowest BCUT2D eigenvalue weighted by Gasteiger charge is -2.12. The van der Waals surface area contributed by atoms with Crippen LogP contribution < -0.4 is 16.4 Å². The van der Waals surface area contributed by atoms with Crippen molar-refractivity contribution in [1.82, 2.24) is 0 Å². The van der Waals surface area contributed by atoms with Gasteiger partial charge in [0.1, 0.15) is 4.33 Å². The molecule has 0 aliphatic heterocycles. The van der Waals surface area contributed by atoms with E-state index in [0.717, 1.165) is 12.1 Å². The van der Waals surface area contributed by atoms with Gasteiger partial charge in [-0.1, -0.05) is 59.1 Å². The SMILES string of the molecule is C.C=C(Nc1cccc(NC)c1F)C1CC1(Cl)Cl.C=CCC.CC.Cc1cccc(N)c1. The van der Waals surface area contributed by atoms with Crippen LogP contribution in [0.25, 0.3) is 0 Å². The topological polar surface area (TPSA) is 50.1 Å². The number of halogens is 3. The minimum atomic E-state index is -0.749. The van der Waals surface area contributed by atoms with E-state index in [0.29, 0.717) is 23.5 Å². The number of aryl methyl sites for hydroxylation is 1. The fourth-order valence-corrected chi connectivity index (χ4v) is 2.92. The van der Waals surface area contributed by atoms with Crippen molar-refractivity contribution >= 4 is 40.3 Å². The Morgan fingerprint density at radius 3 is 2.09 bits per heavy atom. The highest BCUT2D eigenvalue weighted by Crippen LogP contribution is 2.56. The first-order chi connectivity index (χ1) is 14.7. The number of hydrogen-bond acceptors (Lipinski definition) is 3. The summed E-state index contributed by atoms with van der Waals surface area (Å²) in [5, 5.41) is 5.70. The van der Waals surface area contributed by atoms with Gasteiger partial charge in [-0.25, -0.2) is 4.39 Å². The van der Waals surface area contributed by atoms with Gasteiger partial charge in [0.2, 0.25) is 0 Å². The molecule has 1 aliphatic rings. The minimum absolute atomic E-state index is 0. The first-order valence-electron chi connectivity index (χ1n) is 10.4. The summed E-state index contributed by atoms with van der Waals surface area (Å²) in [5.41, 5.74) is 8.96. The smallest absolute Gasteiger partial charge is 0.169 e. The van der Waals surface area contributed by atoms with Gasteiger partial charge >= 0.3 is 0 Å². The Labute approximate surface area is 204 Å². The molecule has 6 heteroatoms. The fourth-order valence-electron chi connectivity index (χ4n) is 2.34. The Balaban J connectivity index is 0. The number of nitrogens with one attached hydrogen (secondary N) is 2. The van der Waals surface area contributed by atoms with Crippen LogP contribution >= 0.6 is 23.2 Å². The van der Waals surface area contributed by atoms with E-state index in [1.165, 1.54) is 5.56 Å². The highest BCUT2D eigenvalue weighted by atomic mass is 35.5. The maximum absolute atomic E-state index is 13.9. The largest absolute Gasteiger partial charge is 0.399 e. The van der Waals surface area contributed by atoms with E-state index in [1.807, 2.05) is 51.1 Å². The molecule has 4 N–H and O–H groups in total. The average molecular weight is 485 g/mol. The van der Waals surface area contributed by atoms with Gasteiger partial charge in [-0.05, 0) is 49.6 Å². The third-order valence-corrected chi connectivity index (χ3v) is 4.98. The number of alkyl halides is 2. The van der Waals surface area contributed by atoms with Gasteiger partial charge in [-0.2, -0.15) is 0 Å². The lowest BCUT2D eigenvalue weighted by Crippen LogP contribution is -2.06. The summed E-state index contributed by atoms with van der Waals surface area (Å²) in [6, 6.07) is 12.9. The predicted molar refractivity (Wildman–Crippen MR) is 145 cm³/mol. The minimum Gasteiger partial charge on any atom is -0.399 e. The molecule has 180 valence electrons. The van der Waals surface area contributed by atoms with Crippen LogP contribution in [0.3, 0.4) is 0 Å². The van der Waals surface area contributed by atoms with Gasteiger partial charge < -0.3 is 16.4 Å². The molecule has 0 saturated heterocycles. The summed E-state index contributed by atoms with van der Waals surface area (Å²) in [5.74, 6) is -0.366. The molecule has 2 aromatic rings. The second-order valence-corrected chi connectivity index (χ2v) is 8.24. The number of nitrogens with two attached hydrogens (primary N) is 1. The van der Waals surface area contributed by atoms with E-state index in [-0.39, 0.29) is 19.2 Å². The van der Waals surface area contributed by atoms with E-state index in [9.17, 15) is 4.39 Å². The molecule has 32 heavy (non-hydrogen) atoms. The molecule has 3 nitrogen and oxygen atoms in total. The Hall–Kier alpha value is -2.17. The second kappa shape index (κ2) is 16.5. The maximum atomic E-state index is 13.9. The monoisotopic (exact) mass is 483 g/mol. The van der Waals surface area contributed by atoms with Crippen molar-refractivity contribution in [1.29, 1.82) is 0 Å². The Bertz CT molecular complexity index is 805. The summed E-state index contributed by atoms with van der Waals surface area (Å²) < 4.78 is 13.1. The molecular formula is C26H40Cl2FN3. The van der Waals surface area contributed by atoms with Crippen LogP contribution in [0.15, 0.2) is 67.4 Å². The normalized spacial score (nSPS) is 14.3. The molecule has 1 saturated carbocycles. The summed E-state index contributed by atoms with van der Waals surface area (Å²) in [4.78, 5) is 0. The van der Waals surface area contributed by atoms with Crippen LogP contribution in [-0.4, -0.2) is 11.4 Å². The Morgan fingerprint density at radius 2 is 1.72 bits per heavy atom. The Kier molecular flexibility index (Phi) is 16.5. The van der Waals surface area contributed by atoms with E-state index < -0.39 is 4.33 Å². The highest BCUT2D eigenvalue weighted by molar-refractivity contribution is 6.51. The molecule has 0 amide bonds. The molecule has 1 aliphatic carbocycles. The predicted octanol–water partition coefficient (Wildman–Crippen LogP) is 8.81. The zero-order valence-electron chi connectivity index (χ0n) is 19.2. The molecule has 0 heterocycles. The van der Waals surface area contributed by atoms with Crippen LogP contribution in [0, 0.1) is 18.7 Å². The summed E-state index contributed by atoms with van der Waals surface area (Å²) >= 11 is 11.9. The molecule has 1 fully saturated rings. The van der Waals surface area contributed by atoms with Crippen LogP contribution in [0.2, 0.25) is 0 Å². The van der Waals surface area contributed by atoms with Crippen molar-refractivity contribution in [2.24, 2.45) is 5.92 Å². The standard InChI is InChI=1S/C12H13Cl2FN2.C7H9N.C4H8.C2H6.CH4/c1-7(8-6-12(8,13)14)17-10-5-3-4-9(16-2)11(10)15;1-6-3-2-4-7(8)5-6;1-3-4-2;1-2;/h3-5,8,16-17H,1,6H2,2H3;2-5H,8H2,1H3;3H,1,4H2,2H3;1-2H3;1H4. The quantitative estimate of drug-likeness (QED) is 0.226.